The van der Waals surface area contributed by atoms with Gasteiger partial charge in [0.2, 0.25) is 5.91 Å². The fourth-order valence-electron chi connectivity index (χ4n) is 1.29. The number of benzene rings is 1. The number of nitrogens with zero attached hydrogens (tertiary/aromatic N) is 2. The molecule has 0 unspecified atom stereocenters. The molecule has 3 nitrogen and oxygen atoms in total. The molecular formula is C11H11ClN2O. The molecule has 15 heavy (non-hydrogen) atoms. The zero-order chi connectivity index (χ0) is 11.3. The van der Waals surface area contributed by atoms with E-state index in [2.05, 4.69) is 0 Å². The van der Waals surface area contributed by atoms with Crippen LogP contribution in [0.25, 0.3) is 0 Å². The lowest BCUT2D eigenvalue weighted by Crippen LogP contribution is -2.31. The number of nitriles is 1. The average molecular weight is 223 g/mol. The third kappa shape index (κ3) is 2.71. The molecule has 1 aromatic rings. The number of alkyl halides is 1. The lowest BCUT2D eigenvalue weighted by molar-refractivity contribution is -0.116. The molecule has 0 N–H and O–H groups in total. The van der Waals surface area contributed by atoms with Crippen LogP contribution >= 0.6 is 11.6 Å². The first-order valence-electron chi connectivity index (χ1n) is 4.59. The minimum absolute atomic E-state index is 0.0339. The molecule has 0 saturated carbocycles. The summed E-state index contributed by atoms with van der Waals surface area (Å²) in [5.74, 6) is -0.169. The summed E-state index contributed by atoms with van der Waals surface area (Å²) in [6, 6.07) is 8.87. The fraction of sp³-hybridized carbons (Fsp3) is 0.273. The number of carbonyl (C=O) groups excluding carboxylic acids is 1. The molecule has 0 atom stereocenters. The van der Waals surface area contributed by atoms with Gasteiger partial charge in [-0.05, 0) is 31.2 Å². The van der Waals surface area contributed by atoms with Crippen molar-refractivity contribution >= 4 is 23.2 Å². The van der Waals surface area contributed by atoms with Gasteiger partial charge in [-0.1, -0.05) is 0 Å². The van der Waals surface area contributed by atoms with Crippen molar-refractivity contribution in [3.8, 4) is 6.07 Å². The zero-order valence-corrected chi connectivity index (χ0v) is 9.16. The van der Waals surface area contributed by atoms with Gasteiger partial charge in [-0.3, -0.25) is 4.79 Å². The molecular weight excluding hydrogens is 212 g/mol. The Hall–Kier alpha value is -1.53. The summed E-state index contributed by atoms with van der Waals surface area (Å²) in [6.07, 6.45) is 0. The maximum atomic E-state index is 11.4. The highest BCUT2D eigenvalue weighted by Crippen LogP contribution is 2.15. The third-order valence-electron chi connectivity index (χ3n) is 2.04. The van der Waals surface area contributed by atoms with Crippen molar-refractivity contribution in [2.24, 2.45) is 0 Å². The normalized spacial score (nSPS) is 9.40. The molecule has 0 fully saturated rings. The second-order valence-electron chi connectivity index (χ2n) is 2.93. The standard InChI is InChI=1S/C11H11ClN2O/c1-2-14(11(15)7-12)10-5-3-9(8-13)4-6-10/h3-6H,2,7H2,1H3. The van der Waals surface area contributed by atoms with E-state index in [1.807, 2.05) is 13.0 Å². The molecule has 0 heterocycles. The minimum atomic E-state index is -0.135. The van der Waals surface area contributed by atoms with E-state index in [0.717, 1.165) is 5.69 Å². The van der Waals surface area contributed by atoms with Crippen LogP contribution in [0.15, 0.2) is 24.3 Å². The molecule has 4 heteroatoms. The summed E-state index contributed by atoms with van der Waals surface area (Å²) in [5, 5.41) is 8.63. The SMILES string of the molecule is CCN(C(=O)CCl)c1ccc(C#N)cc1. The molecule has 0 aliphatic carbocycles. The summed E-state index contributed by atoms with van der Waals surface area (Å²) < 4.78 is 0. The van der Waals surface area contributed by atoms with E-state index in [4.69, 9.17) is 16.9 Å². The van der Waals surface area contributed by atoms with Crippen LogP contribution in [-0.4, -0.2) is 18.3 Å². The monoisotopic (exact) mass is 222 g/mol. The molecule has 0 aliphatic rings. The average Bonchev–Trinajstić information content (AvgIpc) is 2.30. The van der Waals surface area contributed by atoms with E-state index in [1.165, 1.54) is 0 Å². The largest absolute Gasteiger partial charge is 0.312 e. The second kappa shape index (κ2) is 5.38. The van der Waals surface area contributed by atoms with Crippen LogP contribution in [-0.2, 0) is 4.79 Å². The zero-order valence-electron chi connectivity index (χ0n) is 8.40. The van der Waals surface area contributed by atoms with Gasteiger partial charge in [0.25, 0.3) is 0 Å². The highest BCUT2D eigenvalue weighted by molar-refractivity contribution is 6.29. The Morgan fingerprint density at radius 3 is 2.47 bits per heavy atom. The van der Waals surface area contributed by atoms with Gasteiger partial charge in [0.05, 0.1) is 11.6 Å². The molecule has 0 saturated heterocycles. The van der Waals surface area contributed by atoms with Crippen molar-refractivity contribution in [1.29, 1.82) is 5.26 Å². The van der Waals surface area contributed by atoms with Crippen LogP contribution in [0.3, 0.4) is 0 Å². The Labute approximate surface area is 93.9 Å². The van der Waals surface area contributed by atoms with E-state index >= 15 is 0 Å². The number of rotatable bonds is 3. The Bertz CT molecular complexity index is 381. The topological polar surface area (TPSA) is 44.1 Å². The summed E-state index contributed by atoms with van der Waals surface area (Å²) in [4.78, 5) is 13.0. The smallest absolute Gasteiger partial charge is 0.241 e. The minimum Gasteiger partial charge on any atom is -0.312 e. The first-order chi connectivity index (χ1) is 7.22. The summed E-state index contributed by atoms with van der Waals surface area (Å²) in [6.45, 7) is 2.44. The Morgan fingerprint density at radius 2 is 2.07 bits per heavy atom. The van der Waals surface area contributed by atoms with Crippen molar-refractivity contribution in [3.63, 3.8) is 0 Å². The van der Waals surface area contributed by atoms with Crippen LogP contribution in [0.4, 0.5) is 5.69 Å². The Kier molecular flexibility index (Phi) is 4.14. The van der Waals surface area contributed by atoms with Crippen LogP contribution in [0.2, 0.25) is 0 Å². The molecule has 0 aliphatic heterocycles. The van der Waals surface area contributed by atoms with Crippen molar-refractivity contribution < 1.29 is 4.79 Å². The number of carbonyl (C=O) groups is 1. The van der Waals surface area contributed by atoms with Gasteiger partial charge in [-0.25, -0.2) is 0 Å². The van der Waals surface area contributed by atoms with Crippen molar-refractivity contribution in [3.05, 3.63) is 29.8 Å². The molecule has 0 radical (unpaired) electrons. The lowest BCUT2D eigenvalue weighted by atomic mass is 10.2. The molecule has 0 aromatic heterocycles. The summed E-state index contributed by atoms with van der Waals surface area (Å²) in [5.41, 5.74) is 1.34. The van der Waals surface area contributed by atoms with Crippen LogP contribution in [0.5, 0.6) is 0 Å². The van der Waals surface area contributed by atoms with Crippen molar-refractivity contribution in [2.45, 2.75) is 6.92 Å². The van der Waals surface area contributed by atoms with Crippen molar-refractivity contribution in [1.82, 2.24) is 0 Å². The summed E-state index contributed by atoms with van der Waals surface area (Å²) >= 11 is 5.49. The van der Waals surface area contributed by atoms with Crippen LogP contribution in [0, 0.1) is 11.3 Å². The van der Waals surface area contributed by atoms with E-state index in [1.54, 1.807) is 29.2 Å². The predicted molar refractivity (Wildman–Crippen MR) is 59.9 cm³/mol. The number of halogens is 1. The summed E-state index contributed by atoms with van der Waals surface area (Å²) in [7, 11) is 0. The predicted octanol–water partition coefficient (Wildman–Crippen LogP) is 2.15. The first-order valence-corrected chi connectivity index (χ1v) is 5.12. The Morgan fingerprint density at radius 1 is 1.47 bits per heavy atom. The van der Waals surface area contributed by atoms with Gasteiger partial charge < -0.3 is 4.90 Å². The first kappa shape index (κ1) is 11.5. The fourth-order valence-corrected chi connectivity index (χ4v) is 1.44. The quantitative estimate of drug-likeness (QED) is 0.736. The van der Waals surface area contributed by atoms with E-state index in [0.29, 0.717) is 12.1 Å². The molecule has 0 spiro atoms. The number of hydrogen-bond acceptors (Lipinski definition) is 2. The molecule has 1 amide bonds. The lowest BCUT2D eigenvalue weighted by Gasteiger charge is -2.19. The third-order valence-corrected chi connectivity index (χ3v) is 2.27. The maximum absolute atomic E-state index is 11.4. The highest BCUT2D eigenvalue weighted by atomic mass is 35.5. The molecule has 78 valence electrons. The number of amides is 1. The molecule has 1 aromatic carbocycles. The number of anilines is 1. The van der Waals surface area contributed by atoms with Gasteiger partial charge in [0.1, 0.15) is 5.88 Å². The van der Waals surface area contributed by atoms with E-state index in [9.17, 15) is 4.79 Å². The van der Waals surface area contributed by atoms with Crippen LogP contribution < -0.4 is 4.90 Å². The molecule has 1 rings (SSSR count). The van der Waals surface area contributed by atoms with Gasteiger partial charge in [-0.15, -0.1) is 11.6 Å². The highest BCUT2D eigenvalue weighted by Gasteiger charge is 2.11. The molecule has 0 bridgehead atoms. The Balaban J connectivity index is 2.94. The van der Waals surface area contributed by atoms with E-state index in [-0.39, 0.29) is 11.8 Å². The van der Waals surface area contributed by atoms with Gasteiger partial charge in [0.15, 0.2) is 0 Å². The maximum Gasteiger partial charge on any atom is 0.241 e. The van der Waals surface area contributed by atoms with Gasteiger partial charge >= 0.3 is 0 Å². The van der Waals surface area contributed by atoms with Crippen molar-refractivity contribution in [2.75, 3.05) is 17.3 Å². The van der Waals surface area contributed by atoms with Gasteiger partial charge in [-0.2, -0.15) is 5.26 Å². The van der Waals surface area contributed by atoms with Gasteiger partial charge in [0, 0.05) is 12.2 Å². The second-order valence-corrected chi connectivity index (χ2v) is 3.20. The van der Waals surface area contributed by atoms with Crippen LogP contribution in [0.1, 0.15) is 12.5 Å². The number of hydrogen-bond donors (Lipinski definition) is 0. The van der Waals surface area contributed by atoms with E-state index < -0.39 is 0 Å².